The van der Waals surface area contributed by atoms with Crippen molar-refractivity contribution in [2.24, 2.45) is 0 Å². The van der Waals surface area contributed by atoms with Crippen LogP contribution in [0.2, 0.25) is 0 Å². The minimum Gasteiger partial charge on any atom is -0.362 e. The second kappa shape index (κ2) is 13.1. The molecule has 0 spiro atoms. The van der Waals surface area contributed by atoms with Crippen molar-refractivity contribution in [3.05, 3.63) is 94.8 Å². The number of rotatable bonds is 4. The first-order chi connectivity index (χ1) is 14.6. The second-order valence-corrected chi connectivity index (χ2v) is 9.01. The summed E-state index contributed by atoms with van der Waals surface area (Å²) in [6, 6.07) is 17.0. The fraction of sp³-hybridized carbons (Fsp3) is 0.429. The summed E-state index contributed by atoms with van der Waals surface area (Å²) in [5.41, 5.74) is 4.47. The number of hydrogen-bond acceptors (Lipinski definition) is 0. The van der Waals surface area contributed by atoms with E-state index in [1.54, 1.807) is 12.3 Å². The van der Waals surface area contributed by atoms with Gasteiger partial charge in [0.1, 0.15) is 11.6 Å². The van der Waals surface area contributed by atoms with Crippen molar-refractivity contribution in [1.29, 1.82) is 0 Å². The molecule has 0 aliphatic heterocycles. The summed E-state index contributed by atoms with van der Waals surface area (Å²) in [5, 5.41) is 0. The van der Waals surface area contributed by atoms with Crippen molar-refractivity contribution >= 4 is 0 Å². The first-order valence-electron chi connectivity index (χ1n) is 11.2. The normalized spacial score (nSPS) is 10.8. The number of aromatic nitrogens is 1. The minimum absolute atomic E-state index is 0.0995. The molecular formula is C28H39F2N. The Labute approximate surface area is 187 Å². The zero-order chi connectivity index (χ0) is 23.6. The standard InChI is InChI=1S/C12H18.C9H11F.C7H10FN/c1-9(2)11-7-5-6-8-12(11)10(3)4;1-7(2)8-5-3-4-6-9(8)10;1-5(2)7-6(8)3-4-9-7/h5-10H,1-4H3;3-7H,1-2H3;3-5,9H,1-2H3. The smallest absolute Gasteiger partial charge is 0.144 e. The molecule has 3 aromatic rings. The van der Waals surface area contributed by atoms with Crippen LogP contribution in [-0.4, -0.2) is 4.98 Å². The lowest BCUT2D eigenvalue weighted by Crippen LogP contribution is -1.97. The first kappa shape index (κ1) is 26.6. The number of benzene rings is 2. The van der Waals surface area contributed by atoms with Gasteiger partial charge in [0.25, 0.3) is 0 Å². The zero-order valence-corrected chi connectivity index (χ0v) is 20.3. The van der Waals surface area contributed by atoms with E-state index in [-0.39, 0.29) is 23.5 Å². The number of nitrogens with one attached hydrogen (secondary N) is 1. The molecular weight excluding hydrogens is 388 g/mol. The van der Waals surface area contributed by atoms with E-state index in [4.69, 9.17) is 0 Å². The highest BCUT2D eigenvalue weighted by atomic mass is 19.1. The van der Waals surface area contributed by atoms with Crippen molar-refractivity contribution in [2.45, 2.75) is 79.1 Å². The van der Waals surface area contributed by atoms with Gasteiger partial charge in [-0.2, -0.15) is 0 Å². The summed E-state index contributed by atoms with van der Waals surface area (Å²) in [5.74, 6) is 1.58. The highest BCUT2D eigenvalue weighted by Gasteiger charge is 2.08. The van der Waals surface area contributed by atoms with Gasteiger partial charge in [0.15, 0.2) is 0 Å². The maximum Gasteiger partial charge on any atom is 0.144 e. The largest absolute Gasteiger partial charge is 0.362 e. The van der Waals surface area contributed by atoms with Gasteiger partial charge < -0.3 is 4.98 Å². The molecule has 1 aromatic heterocycles. The van der Waals surface area contributed by atoms with Crippen LogP contribution in [0, 0.1) is 11.6 Å². The van der Waals surface area contributed by atoms with Gasteiger partial charge in [0.05, 0.1) is 5.69 Å². The van der Waals surface area contributed by atoms with Crippen LogP contribution in [0.15, 0.2) is 60.8 Å². The van der Waals surface area contributed by atoms with Gasteiger partial charge in [-0.15, -0.1) is 0 Å². The highest BCUT2D eigenvalue weighted by Crippen LogP contribution is 2.25. The van der Waals surface area contributed by atoms with E-state index >= 15 is 0 Å². The molecule has 0 saturated carbocycles. The van der Waals surface area contributed by atoms with Crippen LogP contribution >= 0.6 is 0 Å². The van der Waals surface area contributed by atoms with Gasteiger partial charge in [0.2, 0.25) is 0 Å². The van der Waals surface area contributed by atoms with E-state index < -0.39 is 0 Å². The van der Waals surface area contributed by atoms with Crippen LogP contribution in [0.1, 0.15) is 101 Å². The molecule has 0 radical (unpaired) electrons. The topological polar surface area (TPSA) is 15.8 Å². The SMILES string of the molecule is CC(C)c1[nH]ccc1F.CC(C)c1ccccc1C(C)C.CC(C)c1ccccc1F. The van der Waals surface area contributed by atoms with Crippen molar-refractivity contribution in [2.75, 3.05) is 0 Å². The lowest BCUT2D eigenvalue weighted by molar-refractivity contribution is 0.597. The Balaban J connectivity index is 0.000000235. The number of H-pyrrole nitrogens is 1. The third-order valence-corrected chi connectivity index (χ3v) is 5.07. The molecule has 0 unspecified atom stereocenters. The molecule has 1 nitrogen and oxygen atoms in total. The third-order valence-electron chi connectivity index (χ3n) is 5.07. The Morgan fingerprint density at radius 2 is 0.935 bits per heavy atom. The summed E-state index contributed by atoms with van der Waals surface area (Å²) in [6.07, 6.45) is 1.62. The van der Waals surface area contributed by atoms with Crippen molar-refractivity contribution < 1.29 is 8.78 Å². The Bertz CT molecular complexity index is 864. The second-order valence-electron chi connectivity index (χ2n) is 9.01. The van der Waals surface area contributed by atoms with Gasteiger partial charge in [-0.1, -0.05) is 97.9 Å². The fourth-order valence-corrected chi connectivity index (χ4v) is 3.31. The Hall–Kier alpha value is -2.42. The van der Waals surface area contributed by atoms with Crippen LogP contribution in [0.5, 0.6) is 0 Å². The molecule has 0 bridgehead atoms. The Morgan fingerprint density at radius 3 is 1.19 bits per heavy atom. The lowest BCUT2D eigenvalue weighted by Gasteiger charge is -2.14. The average Bonchev–Trinajstić information content (AvgIpc) is 3.15. The maximum absolute atomic E-state index is 12.8. The first-order valence-corrected chi connectivity index (χ1v) is 11.2. The van der Waals surface area contributed by atoms with Gasteiger partial charge in [-0.25, -0.2) is 8.78 Å². The molecule has 2 aromatic carbocycles. The van der Waals surface area contributed by atoms with Crippen LogP contribution in [0.25, 0.3) is 0 Å². The van der Waals surface area contributed by atoms with E-state index in [0.717, 1.165) is 5.56 Å². The molecule has 3 heteroatoms. The summed E-state index contributed by atoms with van der Waals surface area (Å²) >= 11 is 0. The predicted octanol–water partition coefficient (Wildman–Crippen LogP) is 9.16. The van der Waals surface area contributed by atoms with Crippen molar-refractivity contribution in [3.8, 4) is 0 Å². The third kappa shape index (κ3) is 8.69. The summed E-state index contributed by atoms with van der Waals surface area (Å²) in [4.78, 5) is 2.83. The van der Waals surface area contributed by atoms with Gasteiger partial charge >= 0.3 is 0 Å². The number of hydrogen-bond donors (Lipinski definition) is 1. The fourth-order valence-electron chi connectivity index (χ4n) is 3.31. The van der Waals surface area contributed by atoms with E-state index in [1.165, 1.54) is 23.3 Å². The Kier molecular flexibility index (Phi) is 11.2. The van der Waals surface area contributed by atoms with Crippen LogP contribution in [0.4, 0.5) is 8.78 Å². The quantitative estimate of drug-likeness (QED) is 0.427. The average molecular weight is 428 g/mol. The molecule has 1 N–H and O–H groups in total. The molecule has 3 rings (SSSR count). The van der Waals surface area contributed by atoms with Crippen LogP contribution in [-0.2, 0) is 0 Å². The van der Waals surface area contributed by atoms with E-state index in [0.29, 0.717) is 17.5 Å². The number of halogens is 2. The molecule has 31 heavy (non-hydrogen) atoms. The highest BCUT2D eigenvalue weighted by molar-refractivity contribution is 5.31. The van der Waals surface area contributed by atoms with Crippen molar-refractivity contribution in [1.82, 2.24) is 4.98 Å². The molecule has 170 valence electrons. The van der Waals surface area contributed by atoms with E-state index in [2.05, 4.69) is 56.9 Å². The summed E-state index contributed by atoms with van der Waals surface area (Å²) < 4.78 is 25.4. The molecule has 0 amide bonds. The Morgan fingerprint density at radius 1 is 0.516 bits per heavy atom. The van der Waals surface area contributed by atoms with Crippen LogP contribution in [0.3, 0.4) is 0 Å². The maximum atomic E-state index is 12.8. The molecule has 0 fully saturated rings. The lowest BCUT2D eigenvalue weighted by atomic mass is 9.91. The monoisotopic (exact) mass is 427 g/mol. The van der Waals surface area contributed by atoms with Crippen LogP contribution < -0.4 is 0 Å². The zero-order valence-electron chi connectivity index (χ0n) is 20.3. The van der Waals surface area contributed by atoms with E-state index in [1.807, 2.05) is 39.8 Å². The van der Waals surface area contributed by atoms with Gasteiger partial charge in [-0.05, 0) is 52.5 Å². The minimum atomic E-state index is -0.134. The van der Waals surface area contributed by atoms with Gasteiger partial charge in [-0.3, -0.25) is 0 Å². The molecule has 0 saturated heterocycles. The predicted molar refractivity (Wildman–Crippen MR) is 130 cm³/mol. The summed E-state index contributed by atoms with van der Waals surface area (Å²) in [7, 11) is 0. The molecule has 1 heterocycles. The molecule has 0 aliphatic carbocycles. The summed E-state index contributed by atoms with van der Waals surface area (Å²) in [6.45, 7) is 16.9. The van der Waals surface area contributed by atoms with E-state index in [9.17, 15) is 8.78 Å². The van der Waals surface area contributed by atoms with Gasteiger partial charge in [0, 0.05) is 6.20 Å². The van der Waals surface area contributed by atoms with Crippen molar-refractivity contribution in [3.63, 3.8) is 0 Å². The molecule has 0 aliphatic rings. The number of aromatic amines is 1. The molecule has 0 atom stereocenters.